The molecule has 0 spiro atoms. The second kappa shape index (κ2) is 3.83. The Morgan fingerprint density at radius 2 is 2.31 bits per heavy atom. The summed E-state index contributed by atoms with van der Waals surface area (Å²) in [6.45, 7) is 1.85. The minimum absolute atomic E-state index is 0.372. The van der Waals surface area contributed by atoms with Crippen LogP contribution in [0.15, 0.2) is 30.5 Å². The lowest BCUT2D eigenvalue weighted by molar-refractivity contribution is 0.0980. The Labute approximate surface area is 94.8 Å². The van der Waals surface area contributed by atoms with Gasteiger partial charge in [-0.15, -0.1) is 0 Å². The van der Waals surface area contributed by atoms with Crippen LogP contribution in [0.4, 0.5) is 5.69 Å². The maximum atomic E-state index is 5.82. The molecule has 84 valence electrons. The van der Waals surface area contributed by atoms with Gasteiger partial charge in [-0.05, 0) is 36.4 Å². The largest absolute Gasteiger partial charge is 0.399 e. The minimum atomic E-state index is 0.372. The summed E-state index contributed by atoms with van der Waals surface area (Å²) in [6.07, 6.45) is 4.84. The van der Waals surface area contributed by atoms with E-state index in [4.69, 9.17) is 10.5 Å². The molecule has 1 fully saturated rings. The topological polar surface area (TPSA) is 40.2 Å². The van der Waals surface area contributed by atoms with Crippen molar-refractivity contribution in [2.75, 3.05) is 12.3 Å². The molecule has 2 heterocycles. The van der Waals surface area contributed by atoms with Gasteiger partial charge in [0, 0.05) is 25.0 Å². The number of nitrogens with zero attached hydrogens (tertiary/aromatic N) is 1. The Kier molecular flexibility index (Phi) is 2.33. The van der Waals surface area contributed by atoms with Gasteiger partial charge in [-0.25, -0.2) is 0 Å². The molecular weight excluding hydrogens is 200 g/mol. The molecule has 1 aliphatic heterocycles. The first-order valence-corrected chi connectivity index (χ1v) is 5.79. The predicted molar refractivity (Wildman–Crippen MR) is 65.3 cm³/mol. The Morgan fingerprint density at radius 1 is 1.38 bits per heavy atom. The molecule has 1 aromatic carbocycles. The van der Waals surface area contributed by atoms with Gasteiger partial charge in [0.25, 0.3) is 0 Å². The highest BCUT2D eigenvalue weighted by molar-refractivity contribution is 5.83. The Hall–Kier alpha value is -1.48. The smallest absolute Gasteiger partial charge is 0.0754 e. The summed E-state index contributed by atoms with van der Waals surface area (Å²) in [5, 5.41) is 1.24. The van der Waals surface area contributed by atoms with Gasteiger partial charge in [0.05, 0.1) is 11.6 Å². The molecule has 1 aliphatic rings. The number of nitrogen functional groups attached to an aromatic ring is 1. The number of anilines is 1. The van der Waals surface area contributed by atoms with E-state index in [1.165, 1.54) is 23.7 Å². The maximum absolute atomic E-state index is 5.82. The second-order valence-electron chi connectivity index (χ2n) is 4.42. The summed E-state index contributed by atoms with van der Waals surface area (Å²) in [5.41, 5.74) is 7.84. The Morgan fingerprint density at radius 3 is 3.12 bits per heavy atom. The van der Waals surface area contributed by atoms with Crippen LogP contribution < -0.4 is 5.73 Å². The fourth-order valence-electron chi connectivity index (χ4n) is 2.37. The number of ether oxygens (including phenoxy) is 1. The summed E-state index contributed by atoms with van der Waals surface area (Å²) in [5.74, 6) is 0. The van der Waals surface area contributed by atoms with Gasteiger partial charge < -0.3 is 15.0 Å². The fraction of sp³-hybridized carbons (Fsp3) is 0.385. The van der Waals surface area contributed by atoms with Gasteiger partial charge in [-0.2, -0.15) is 0 Å². The molecule has 3 nitrogen and oxygen atoms in total. The van der Waals surface area contributed by atoms with Crippen LogP contribution >= 0.6 is 0 Å². The van der Waals surface area contributed by atoms with Crippen molar-refractivity contribution in [1.29, 1.82) is 0 Å². The van der Waals surface area contributed by atoms with Gasteiger partial charge in [-0.1, -0.05) is 6.07 Å². The number of fused-ring (bicyclic) bond motifs is 1. The third-order valence-electron chi connectivity index (χ3n) is 3.22. The van der Waals surface area contributed by atoms with Crippen LogP contribution in [0.2, 0.25) is 0 Å². The summed E-state index contributed by atoms with van der Waals surface area (Å²) in [6, 6.07) is 8.17. The van der Waals surface area contributed by atoms with Crippen LogP contribution in [0.5, 0.6) is 0 Å². The van der Waals surface area contributed by atoms with E-state index >= 15 is 0 Å². The zero-order valence-electron chi connectivity index (χ0n) is 9.23. The number of hydrogen-bond acceptors (Lipinski definition) is 2. The van der Waals surface area contributed by atoms with Crippen molar-refractivity contribution >= 4 is 16.6 Å². The molecule has 16 heavy (non-hydrogen) atoms. The SMILES string of the molecule is Nc1ccc2ccn(CC3CCCO3)c2c1. The number of rotatable bonds is 2. The molecule has 3 heteroatoms. The average Bonchev–Trinajstić information content (AvgIpc) is 2.90. The van der Waals surface area contributed by atoms with Crippen molar-refractivity contribution in [3.05, 3.63) is 30.5 Å². The van der Waals surface area contributed by atoms with E-state index in [0.717, 1.165) is 18.8 Å². The van der Waals surface area contributed by atoms with Gasteiger partial charge in [0.15, 0.2) is 0 Å². The lowest BCUT2D eigenvalue weighted by atomic mass is 10.2. The van der Waals surface area contributed by atoms with Crippen LogP contribution in [-0.2, 0) is 11.3 Å². The van der Waals surface area contributed by atoms with Crippen LogP contribution in [0.1, 0.15) is 12.8 Å². The quantitative estimate of drug-likeness (QED) is 0.783. The first-order valence-electron chi connectivity index (χ1n) is 5.79. The maximum Gasteiger partial charge on any atom is 0.0754 e. The normalized spacial score (nSPS) is 20.6. The lowest BCUT2D eigenvalue weighted by Gasteiger charge is -2.11. The molecule has 0 saturated carbocycles. The van der Waals surface area contributed by atoms with E-state index in [-0.39, 0.29) is 0 Å². The predicted octanol–water partition coefficient (Wildman–Crippen LogP) is 2.40. The molecule has 2 aromatic rings. The molecule has 1 saturated heterocycles. The highest BCUT2D eigenvalue weighted by Crippen LogP contribution is 2.21. The Bertz CT molecular complexity index is 498. The van der Waals surface area contributed by atoms with E-state index in [1.807, 2.05) is 12.1 Å². The molecule has 0 radical (unpaired) electrons. The molecule has 0 amide bonds. The third-order valence-corrected chi connectivity index (χ3v) is 3.22. The summed E-state index contributed by atoms with van der Waals surface area (Å²) < 4.78 is 7.89. The molecule has 1 unspecified atom stereocenters. The first-order chi connectivity index (χ1) is 7.83. The minimum Gasteiger partial charge on any atom is -0.399 e. The number of hydrogen-bond donors (Lipinski definition) is 1. The highest BCUT2D eigenvalue weighted by atomic mass is 16.5. The average molecular weight is 216 g/mol. The van der Waals surface area contributed by atoms with E-state index in [9.17, 15) is 0 Å². The zero-order chi connectivity index (χ0) is 11.0. The lowest BCUT2D eigenvalue weighted by Crippen LogP contribution is -2.13. The second-order valence-corrected chi connectivity index (χ2v) is 4.42. The van der Waals surface area contributed by atoms with Gasteiger partial charge in [0.1, 0.15) is 0 Å². The molecule has 1 aromatic heterocycles. The van der Waals surface area contributed by atoms with Crippen molar-refractivity contribution in [2.24, 2.45) is 0 Å². The van der Waals surface area contributed by atoms with Crippen LogP contribution in [0.3, 0.4) is 0 Å². The van der Waals surface area contributed by atoms with Crippen molar-refractivity contribution in [3.63, 3.8) is 0 Å². The van der Waals surface area contributed by atoms with E-state index in [2.05, 4.69) is 22.9 Å². The van der Waals surface area contributed by atoms with Gasteiger partial charge >= 0.3 is 0 Å². The summed E-state index contributed by atoms with van der Waals surface area (Å²) >= 11 is 0. The van der Waals surface area contributed by atoms with E-state index in [0.29, 0.717) is 6.10 Å². The zero-order valence-corrected chi connectivity index (χ0v) is 9.23. The molecule has 2 N–H and O–H groups in total. The van der Waals surface area contributed by atoms with E-state index < -0.39 is 0 Å². The molecule has 0 aliphatic carbocycles. The van der Waals surface area contributed by atoms with Crippen molar-refractivity contribution in [2.45, 2.75) is 25.5 Å². The van der Waals surface area contributed by atoms with E-state index in [1.54, 1.807) is 0 Å². The van der Waals surface area contributed by atoms with Crippen LogP contribution in [-0.4, -0.2) is 17.3 Å². The number of aromatic nitrogens is 1. The number of benzene rings is 1. The molecule has 3 rings (SSSR count). The number of nitrogens with two attached hydrogens (primary N) is 1. The standard InChI is InChI=1S/C13H16N2O/c14-11-4-3-10-5-6-15(13(10)8-11)9-12-2-1-7-16-12/h3-6,8,12H,1-2,7,9,14H2. The first kappa shape index (κ1) is 9.73. The molecular formula is C13H16N2O. The summed E-state index contributed by atoms with van der Waals surface area (Å²) in [4.78, 5) is 0. The molecule has 0 bridgehead atoms. The highest BCUT2D eigenvalue weighted by Gasteiger charge is 2.16. The van der Waals surface area contributed by atoms with Gasteiger partial charge in [-0.3, -0.25) is 0 Å². The van der Waals surface area contributed by atoms with Crippen LogP contribution in [0.25, 0.3) is 10.9 Å². The summed E-state index contributed by atoms with van der Waals surface area (Å²) in [7, 11) is 0. The van der Waals surface area contributed by atoms with Crippen LogP contribution in [0, 0.1) is 0 Å². The molecule has 1 atom stereocenters. The van der Waals surface area contributed by atoms with Crippen molar-refractivity contribution in [3.8, 4) is 0 Å². The van der Waals surface area contributed by atoms with Crippen molar-refractivity contribution < 1.29 is 4.74 Å². The Balaban J connectivity index is 1.93. The monoisotopic (exact) mass is 216 g/mol. The van der Waals surface area contributed by atoms with Gasteiger partial charge in [0.2, 0.25) is 0 Å². The third kappa shape index (κ3) is 1.67. The van der Waals surface area contributed by atoms with Crippen molar-refractivity contribution in [1.82, 2.24) is 4.57 Å². The fourth-order valence-corrected chi connectivity index (χ4v) is 2.37.